The smallest absolute Gasteiger partial charge is 0.166 e. The van der Waals surface area contributed by atoms with Crippen molar-refractivity contribution in [3.8, 4) is 51.0 Å². The van der Waals surface area contributed by atoms with Crippen LogP contribution in [0.2, 0.25) is 0 Å². The quantitative estimate of drug-likeness (QED) is 0.162. The van der Waals surface area contributed by atoms with Gasteiger partial charge in [-0.05, 0) is 97.4 Å². The second-order valence-electron chi connectivity index (χ2n) is 17.1. The van der Waals surface area contributed by atoms with Gasteiger partial charge in [0.15, 0.2) is 23.1 Å². The molecule has 0 aliphatic rings. The molecule has 3 aromatic heterocycles. The van der Waals surface area contributed by atoms with Gasteiger partial charge in [-0.3, -0.25) is 0 Å². The van der Waals surface area contributed by atoms with Crippen molar-refractivity contribution in [1.29, 1.82) is 0 Å². The first-order valence-corrected chi connectivity index (χ1v) is 22.3. The first-order valence-electron chi connectivity index (χ1n) is 22.3. The summed E-state index contributed by atoms with van der Waals surface area (Å²) < 4.78 is 9.66. The fourth-order valence-electron chi connectivity index (χ4n) is 10.3. The minimum atomic E-state index is 0.547. The molecule has 14 rings (SSSR count). The highest BCUT2D eigenvalue weighted by molar-refractivity contribution is 6.20. The van der Waals surface area contributed by atoms with Gasteiger partial charge in [-0.1, -0.05) is 170 Å². The van der Waals surface area contributed by atoms with E-state index in [0.29, 0.717) is 17.5 Å². The van der Waals surface area contributed by atoms with E-state index in [1.807, 2.05) is 6.07 Å². The molecule has 0 unspecified atom stereocenters. The van der Waals surface area contributed by atoms with E-state index in [0.717, 1.165) is 110 Å². The highest BCUT2D eigenvalue weighted by Crippen LogP contribution is 2.45. The molecule has 0 saturated carbocycles. The van der Waals surface area contributed by atoms with Crippen molar-refractivity contribution >= 4 is 86.8 Å². The van der Waals surface area contributed by atoms with Crippen LogP contribution >= 0.6 is 0 Å². The van der Waals surface area contributed by atoms with Gasteiger partial charge in [-0.25, -0.2) is 15.0 Å². The molecule has 0 aliphatic carbocycles. The molecular weight excluding hydrogens is 805 g/mol. The summed E-state index contributed by atoms with van der Waals surface area (Å²) in [5.41, 5.74) is 9.49. The lowest BCUT2D eigenvalue weighted by atomic mass is 9.96. The van der Waals surface area contributed by atoms with E-state index in [1.54, 1.807) is 0 Å². The average Bonchev–Trinajstić information content (AvgIpc) is 3.93. The number of hydrogen-bond donors (Lipinski definition) is 0. The van der Waals surface area contributed by atoms with Gasteiger partial charge in [0.2, 0.25) is 0 Å². The van der Waals surface area contributed by atoms with Crippen LogP contribution in [-0.2, 0) is 0 Å². The molecule has 0 fully saturated rings. The van der Waals surface area contributed by atoms with Crippen LogP contribution < -0.4 is 0 Å². The van der Waals surface area contributed by atoms with Gasteiger partial charge in [0.25, 0.3) is 0 Å². The molecule has 5 nitrogen and oxygen atoms in total. The summed E-state index contributed by atoms with van der Waals surface area (Å²) in [6, 6.07) is 77.4. The van der Waals surface area contributed by atoms with Gasteiger partial charge in [0.05, 0.1) is 11.0 Å². The maximum absolute atomic E-state index is 7.28. The summed E-state index contributed by atoms with van der Waals surface area (Å²) in [4.78, 5) is 16.4. The molecular formula is C61H36N4O. The van der Waals surface area contributed by atoms with Crippen LogP contribution in [0, 0.1) is 0 Å². The predicted molar refractivity (Wildman–Crippen MR) is 273 cm³/mol. The Kier molecular flexibility index (Phi) is 7.91. The van der Waals surface area contributed by atoms with Gasteiger partial charge in [-0.15, -0.1) is 0 Å². The molecule has 0 amide bonds. The Bertz CT molecular complexity index is 4300. The monoisotopic (exact) mass is 840 g/mol. The number of rotatable bonds is 5. The summed E-state index contributed by atoms with van der Waals surface area (Å²) in [5.74, 6) is 1.73. The molecule has 11 aromatic carbocycles. The number of benzene rings is 11. The molecule has 0 atom stereocenters. The van der Waals surface area contributed by atoms with Gasteiger partial charge in [-0.2, -0.15) is 0 Å². The number of para-hydroxylation sites is 1. The highest BCUT2D eigenvalue weighted by atomic mass is 16.3. The minimum Gasteiger partial charge on any atom is -0.453 e. The van der Waals surface area contributed by atoms with Gasteiger partial charge < -0.3 is 8.98 Å². The Morgan fingerprint density at radius 2 is 0.879 bits per heavy atom. The number of aromatic nitrogens is 4. The van der Waals surface area contributed by atoms with Crippen LogP contribution in [-0.4, -0.2) is 19.5 Å². The zero-order valence-electron chi connectivity index (χ0n) is 35.5. The third kappa shape index (κ3) is 5.57. The van der Waals surface area contributed by atoms with Gasteiger partial charge in [0, 0.05) is 43.6 Å². The predicted octanol–water partition coefficient (Wildman–Crippen LogP) is 16.1. The van der Waals surface area contributed by atoms with E-state index < -0.39 is 0 Å². The Morgan fingerprint density at radius 3 is 1.71 bits per heavy atom. The molecule has 3 heterocycles. The summed E-state index contributed by atoms with van der Waals surface area (Å²) in [5, 5.41) is 13.5. The highest BCUT2D eigenvalue weighted by Gasteiger charge is 2.26. The van der Waals surface area contributed by atoms with Crippen LogP contribution in [0.25, 0.3) is 138 Å². The molecule has 306 valence electrons. The Morgan fingerprint density at radius 1 is 0.288 bits per heavy atom. The van der Waals surface area contributed by atoms with Crippen LogP contribution in [0.3, 0.4) is 0 Å². The van der Waals surface area contributed by atoms with Crippen molar-refractivity contribution in [3.05, 3.63) is 218 Å². The van der Waals surface area contributed by atoms with E-state index in [-0.39, 0.29) is 0 Å². The van der Waals surface area contributed by atoms with Crippen molar-refractivity contribution in [2.75, 3.05) is 0 Å². The first-order chi connectivity index (χ1) is 32.7. The maximum atomic E-state index is 7.28. The normalized spacial score (nSPS) is 11.9. The van der Waals surface area contributed by atoms with Crippen molar-refractivity contribution in [1.82, 2.24) is 19.5 Å². The maximum Gasteiger partial charge on any atom is 0.166 e. The second kappa shape index (κ2) is 14.3. The van der Waals surface area contributed by atoms with Crippen LogP contribution in [0.1, 0.15) is 0 Å². The number of nitrogens with zero attached hydrogens (tertiary/aromatic N) is 4. The average molecular weight is 841 g/mol. The van der Waals surface area contributed by atoms with E-state index in [4.69, 9.17) is 19.4 Å². The van der Waals surface area contributed by atoms with E-state index in [9.17, 15) is 0 Å². The van der Waals surface area contributed by atoms with Crippen LogP contribution in [0.4, 0.5) is 0 Å². The molecule has 0 bridgehead atoms. The molecule has 0 saturated heterocycles. The molecule has 5 heteroatoms. The number of fused-ring (bicyclic) bond motifs is 12. The molecule has 0 aliphatic heterocycles. The van der Waals surface area contributed by atoms with E-state index in [2.05, 4.69) is 217 Å². The summed E-state index contributed by atoms with van der Waals surface area (Å²) >= 11 is 0. The van der Waals surface area contributed by atoms with Crippen molar-refractivity contribution < 1.29 is 4.42 Å². The third-order valence-electron chi connectivity index (χ3n) is 13.4. The largest absolute Gasteiger partial charge is 0.453 e. The second-order valence-corrected chi connectivity index (χ2v) is 17.1. The lowest BCUT2D eigenvalue weighted by Crippen LogP contribution is -2.04. The number of furan rings is 1. The Labute approximate surface area is 378 Å². The Balaban J connectivity index is 1.13. The zero-order valence-corrected chi connectivity index (χ0v) is 35.5. The fourth-order valence-corrected chi connectivity index (χ4v) is 10.3. The fraction of sp³-hybridized carbons (Fsp3) is 0. The minimum absolute atomic E-state index is 0.547. The van der Waals surface area contributed by atoms with Crippen molar-refractivity contribution in [2.24, 2.45) is 0 Å². The topological polar surface area (TPSA) is 56.7 Å². The lowest BCUT2D eigenvalue weighted by molar-refractivity contribution is 0.670. The van der Waals surface area contributed by atoms with Crippen molar-refractivity contribution in [2.45, 2.75) is 0 Å². The molecule has 0 N–H and O–H groups in total. The molecule has 0 spiro atoms. The summed E-state index contributed by atoms with van der Waals surface area (Å²) in [7, 11) is 0. The van der Waals surface area contributed by atoms with E-state index in [1.165, 1.54) is 10.8 Å². The van der Waals surface area contributed by atoms with Crippen molar-refractivity contribution in [3.63, 3.8) is 0 Å². The van der Waals surface area contributed by atoms with Crippen LogP contribution in [0.15, 0.2) is 223 Å². The van der Waals surface area contributed by atoms with Crippen LogP contribution in [0.5, 0.6) is 0 Å². The summed E-state index contributed by atoms with van der Waals surface area (Å²) in [6.07, 6.45) is 0. The Hall–Kier alpha value is -8.93. The number of hydrogen-bond acceptors (Lipinski definition) is 4. The summed E-state index contributed by atoms with van der Waals surface area (Å²) in [6.45, 7) is 0. The van der Waals surface area contributed by atoms with E-state index >= 15 is 0 Å². The molecule has 66 heavy (non-hydrogen) atoms. The van der Waals surface area contributed by atoms with Gasteiger partial charge in [0.1, 0.15) is 11.3 Å². The molecule has 14 aromatic rings. The lowest BCUT2D eigenvalue weighted by Gasteiger charge is -2.16. The standard InChI is InChI=1S/C61H36N4O/c1-2-15-37(16-3-1)39-21-14-22-43(33-39)59-62-60(64-61(63-59)53-35-42-20-7-8-23-44(42)46-25-10-11-26-47(46)53)51-32-31-50-49-30-29-38-17-6-9-24-45(38)57(49)66-58(50)56(51)65-54-28-13-12-27-48(54)52-34-40-18-4-5-19-41(40)36-55(52)65/h1-36H. The zero-order chi connectivity index (χ0) is 43.3. The SMILES string of the molecule is c1ccc(-c2cccc(-c3nc(-c4ccc5c(oc6c7ccccc7ccc56)c4-n4c5ccccc5c5cc6ccccc6cc54)nc(-c4cc5ccccc5c5ccccc45)n3)c2)cc1. The molecule has 0 radical (unpaired) electrons. The third-order valence-corrected chi connectivity index (χ3v) is 13.4. The first kappa shape index (κ1) is 36.5. The van der Waals surface area contributed by atoms with Gasteiger partial charge >= 0.3 is 0 Å².